The van der Waals surface area contributed by atoms with Crippen LogP contribution in [0.3, 0.4) is 0 Å². The van der Waals surface area contributed by atoms with E-state index in [1.807, 2.05) is 6.92 Å². The molecule has 0 aliphatic carbocycles. The number of hydrogen-bond donors (Lipinski definition) is 3. The summed E-state index contributed by atoms with van der Waals surface area (Å²) in [6.45, 7) is 6.24. The predicted molar refractivity (Wildman–Crippen MR) is 94.7 cm³/mol. The highest BCUT2D eigenvalue weighted by atomic mass is 35.5. The van der Waals surface area contributed by atoms with E-state index in [-0.39, 0.29) is 18.4 Å². The van der Waals surface area contributed by atoms with Crippen LogP contribution < -0.4 is 11.5 Å². The van der Waals surface area contributed by atoms with Crippen LogP contribution in [0.2, 0.25) is 0 Å². The minimum Gasteiger partial charge on any atom is -0.383 e. The number of hydrogen-bond acceptors (Lipinski definition) is 5. The summed E-state index contributed by atoms with van der Waals surface area (Å²) in [6.07, 6.45) is 0. The number of fused-ring (bicyclic) bond motifs is 1. The van der Waals surface area contributed by atoms with Gasteiger partial charge in [-0.1, -0.05) is 30.0 Å². The fourth-order valence-electron chi connectivity index (χ4n) is 2.44. The molecule has 0 saturated heterocycles. The van der Waals surface area contributed by atoms with Gasteiger partial charge in [-0.2, -0.15) is 9.97 Å². The van der Waals surface area contributed by atoms with Crippen LogP contribution in [0.1, 0.15) is 16.7 Å². The lowest BCUT2D eigenvalue weighted by molar-refractivity contribution is 1.14. The Balaban J connectivity index is 0.00000176. The molecule has 7 heteroatoms. The fourth-order valence-corrected chi connectivity index (χ4v) is 3.50. The van der Waals surface area contributed by atoms with E-state index < -0.39 is 0 Å². The van der Waals surface area contributed by atoms with E-state index in [0.29, 0.717) is 11.5 Å². The van der Waals surface area contributed by atoms with E-state index in [4.69, 9.17) is 11.5 Å². The molecule has 0 aliphatic heterocycles. The molecule has 1 aromatic carbocycles. The van der Waals surface area contributed by atoms with E-state index >= 15 is 0 Å². The SMILES string of the molecule is Cc1cccc(C)c1Sc1[nH]c2nc(N)nc(N)c2c1C.Cl. The van der Waals surface area contributed by atoms with Gasteiger partial charge in [-0.05, 0) is 37.5 Å². The van der Waals surface area contributed by atoms with Crippen LogP contribution in [-0.2, 0) is 0 Å². The number of benzene rings is 1. The number of nitrogen functional groups attached to an aromatic ring is 2. The lowest BCUT2D eigenvalue weighted by atomic mass is 10.2. The Hall–Kier alpha value is -1.92. The molecule has 0 atom stereocenters. The highest BCUT2D eigenvalue weighted by Crippen LogP contribution is 2.37. The van der Waals surface area contributed by atoms with Crippen molar-refractivity contribution < 1.29 is 0 Å². The fraction of sp³-hybridized carbons (Fsp3) is 0.200. The van der Waals surface area contributed by atoms with Gasteiger partial charge in [-0.3, -0.25) is 0 Å². The first-order chi connectivity index (χ1) is 9.97. The topological polar surface area (TPSA) is 93.6 Å². The normalized spacial score (nSPS) is 10.7. The van der Waals surface area contributed by atoms with E-state index in [2.05, 4.69) is 47.0 Å². The molecule has 2 heterocycles. The number of aromatic amines is 1. The largest absolute Gasteiger partial charge is 0.383 e. The molecule has 116 valence electrons. The number of rotatable bonds is 2. The quantitative estimate of drug-likeness (QED) is 0.665. The number of anilines is 2. The molecule has 0 saturated carbocycles. The minimum absolute atomic E-state index is 0. The molecular formula is C15H18ClN5S. The van der Waals surface area contributed by atoms with Crippen LogP contribution in [0.15, 0.2) is 28.1 Å². The smallest absolute Gasteiger partial charge is 0.223 e. The Morgan fingerprint density at radius 3 is 2.32 bits per heavy atom. The number of H-pyrrole nitrogens is 1. The molecule has 3 aromatic rings. The van der Waals surface area contributed by atoms with Gasteiger partial charge in [0.25, 0.3) is 0 Å². The third-order valence-electron chi connectivity index (χ3n) is 3.51. The summed E-state index contributed by atoms with van der Waals surface area (Å²) in [5.74, 6) is 0.601. The van der Waals surface area contributed by atoms with Crippen LogP contribution in [0, 0.1) is 20.8 Å². The summed E-state index contributed by atoms with van der Waals surface area (Å²) in [5.41, 5.74) is 15.9. The molecule has 0 spiro atoms. The standard InChI is InChI=1S/C15H17N5S.ClH/c1-7-5-4-6-8(2)11(7)21-14-9(3)10-12(16)18-15(17)20-13(10)19-14;/h4-6H,1-3H3,(H5,16,17,18,19,20);1H. The highest BCUT2D eigenvalue weighted by molar-refractivity contribution is 7.99. The first-order valence-electron chi connectivity index (χ1n) is 6.62. The minimum atomic E-state index is 0. The van der Waals surface area contributed by atoms with Gasteiger partial charge in [0, 0.05) is 4.90 Å². The van der Waals surface area contributed by atoms with Crippen molar-refractivity contribution in [1.29, 1.82) is 0 Å². The Bertz CT molecular complexity index is 823. The van der Waals surface area contributed by atoms with Gasteiger partial charge in [0.05, 0.1) is 10.4 Å². The van der Waals surface area contributed by atoms with Crippen LogP contribution in [0.25, 0.3) is 11.0 Å². The van der Waals surface area contributed by atoms with Gasteiger partial charge in [-0.25, -0.2) is 0 Å². The van der Waals surface area contributed by atoms with Crippen LogP contribution in [-0.4, -0.2) is 15.0 Å². The van der Waals surface area contributed by atoms with Crippen molar-refractivity contribution in [2.75, 3.05) is 11.5 Å². The van der Waals surface area contributed by atoms with Crippen molar-refractivity contribution in [2.45, 2.75) is 30.7 Å². The molecule has 3 rings (SSSR count). The monoisotopic (exact) mass is 335 g/mol. The second-order valence-corrected chi connectivity index (χ2v) is 6.11. The van der Waals surface area contributed by atoms with Crippen molar-refractivity contribution in [3.63, 3.8) is 0 Å². The molecule has 0 bridgehead atoms. The number of aryl methyl sites for hydroxylation is 3. The van der Waals surface area contributed by atoms with Gasteiger partial charge in [-0.15, -0.1) is 12.4 Å². The van der Waals surface area contributed by atoms with E-state index in [0.717, 1.165) is 16.0 Å². The summed E-state index contributed by atoms with van der Waals surface area (Å²) in [6, 6.07) is 6.29. The van der Waals surface area contributed by atoms with E-state index in [9.17, 15) is 0 Å². The molecule has 0 aliphatic rings. The zero-order valence-corrected chi connectivity index (χ0v) is 14.2. The highest BCUT2D eigenvalue weighted by Gasteiger charge is 2.15. The van der Waals surface area contributed by atoms with Gasteiger partial charge < -0.3 is 16.5 Å². The van der Waals surface area contributed by atoms with Crippen molar-refractivity contribution >= 4 is 47.0 Å². The second-order valence-electron chi connectivity index (χ2n) is 5.09. The number of nitrogens with one attached hydrogen (secondary N) is 1. The number of nitrogens with two attached hydrogens (primary N) is 2. The molecule has 0 unspecified atom stereocenters. The number of aromatic nitrogens is 3. The molecule has 0 radical (unpaired) electrons. The van der Waals surface area contributed by atoms with Crippen molar-refractivity contribution in [3.8, 4) is 0 Å². The maximum atomic E-state index is 5.96. The van der Waals surface area contributed by atoms with Crippen LogP contribution in [0.5, 0.6) is 0 Å². The van der Waals surface area contributed by atoms with Crippen molar-refractivity contribution in [1.82, 2.24) is 15.0 Å². The van der Waals surface area contributed by atoms with Crippen molar-refractivity contribution in [3.05, 3.63) is 34.9 Å². The van der Waals surface area contributed by atoms with Gasteiger partial charge >= 0.3 is 0 Å². The van der Waals surface area contributed by atoms with Crippen LogP contribution in [0.4, 0.5) is 11.8 Å². The lowest BCUT2D eigenvalue weighted by Crippen LogP contribution is -1.99. The summed E-state index contributed by atoms with van der Waals surface area (Å²) >= 11 is 1.69. The lowest BCUT2D eigenvalue weighted by Gasteiger charge is -2.08. The van der Waals surface area contributed by atoms with E-state index in [1.165, 1.54) is 16.0 Å². The average Bonchev–Trinajstić information content (AvgIpc) is 2.70. The number of halogens is 1. The third kappa shape index (κ3) is 2.71. The molecule has 5 N–H and O–H groups in total. The predicted octanol–water partition coefficient (Wildman–Crippen LogP) is 3.62. The Labute approximate surface area is 139 Å². The molecule has 0 amide bonds. The van der Waals surface area contributed by atoms with Crippen LogP contribution >= 0.6 is 24.2 Å². The van der Waals surface area contributed by atoms with Gasteiger partial charge in [0.1, 0.15) is 11.5 Å². The second kappa shape index (κ2) is 6.06. The van der Waals surface area contributed by atoms with Crippen molar-refractivity contribution in [2.24, 2.45) is 0 Å². The van der Waals surface area contributed by atoms with Gasteiger partial charge in [0.15, 0.2) is 0 Å². The first kappa shape index (κ1) is 16.5. The summed E-state index contributed by atoms with van der Waals surface area (Å²) in [4.78, 5) is 12.8. The van der Waals surface area contributed by atoms with Gasteiger partial charge in [0.2, 0.25) is 5.95 Å². The van der Waals surface area contributed by atoms with E-state index in [1.54, 1.807) is 11.8 Å². The maximum Gasteiger partial charge on any atom is 0.223 e. The maximum absolute atomic E-state index is 5.96. The molecule has 22 heavy (non-hydrogen) atoms. The Morgan fingerprint density at radius 1 is 1.05 bits per heavy atom. The number of nitrogens with zero attached hydrogens (tertiary/aromatic N) is 2. The molecular weight excluding hydrogens is 318 g/mol. The Morgan fingerprint density at radius 2 is 1.68 bits per heavy atom. The Kier molecular flexibility index (Phi) is 4.53. The zero-order valence-electron chi connectivity index (χ0n) is 12.6. The third-order valence-corrected chi connectivity index (χ3v) is 4.98. The average molecular weight is 336 g/mol. The molecule has 0 fully saturated rings. The summed E-state index contributed by atoms with van der Waals surface area (Å²) in [7, 11) is 0. The summed E-state index contributed by atoms with van der Waals surface area (Å²) < 4.78 is 0. The zero-order chi connectivity index (χ0) is 15.1. The summed E-state index contributed by atoms with van der Waals surface area (Å²) in [5, 5.41) is 1.87. The molecule has 5 nitrogen and oxygen atoms in total. The first-order valence-corrected chi connectivity index (χ1v) is 7.44. The molecule has 2 aromatic heterocycles.